The molecule has 1 aromatic rings. The van der Waals surface area contributed by atoms with E-state index in [-0.39, 0.29) is 6.61 Å². The van der Waals surface area contributed by atoms with Gasteiger partial charge in [0, 0.05) is 12.6 Å². The van der Waals surface area contributed by atoms with E-state index in [1.807, 2.05) is 0 Å². The fraction of sp³-hybridized carbons (Fsp3) is 0.800. The van der Waals surface area contributed by atoms with Crippen molar-refractivity contribution in [3.05, 3.63) is 6.20 Å². The summed E-state index contributed by atoms with van der Waals surface area (Å²) in [6.45, 7) is 5.05. The van der Waals surface area contributed by atoms with Crippen molar-refractivity contribution in [1.82, 2.24) is 14.1 Å². The highest BCUT2D eigenvalue weighted by Gasteiger charge is 2.08. The molecule has 0 saturated carbocycles. The monoisotopic (exact) mass is 245 g/mol. The molecule has 0 aliphatic heterocycles. The van der Waals surface area contributed by atoms with Gasteiger partial charge in [-0.2, -0.15) is 4.37 Å². The highest BCUT2D eigenvalue weighted by Crippen LogP contribution is 2.05. The lowest BCUT2D eigenvalue weighted by Gasteiger charge is -2.16. The fourth-order valence-electron chi connectivity index (χ4n) is 1.33. The van der Waals surface area contributed by atoms with Crippen LogP contribution in [0.2, 0.25) is 0 Å². The van der Waals surface area contributed by atoms with E-state index >= 15 is 0 Å². The first-order valence-corrected chi connectivity index (χ1v) is 6.27. The number of ether oxygens (including phenoxy) is 1. The zero-order chi connectivity index (χ0) is 11.8. The third kappa shape index (κ3) is 5.39. The fourth-order valence-corrected chi connectivity index (χ4v) is 1.70. The zero-order valence-corrected chi connectivity index (χ0v) is 10.5. The van der Waals surface area contributed by atoms with Crippen LogP contribution in [0.3, 0.4) is 0 Å². The van der Waals surface area contributed by atoms with Crippen molar-refractivity contribution in [3.63, 3.8) is 0 Å². The van der Waals surface area contributed by atoms with Gasteiger partial charge < -0.3 is 15.2 Å². The van der Waals surface area contributed by atoms with Gasteiger partial charge in [-0.15, -0.1) is 4.37 Å². The minimum absolute atomic E-state index is 0.247. The Morgan fingerprint density at radius 2 is 2.44 bits per heavy atom. The molecule has 2 atom stereocenters. The van der Waals surface area contributed by atoms with Crippen LogP contribution in [0.4, 0.5) is 0 Å². The van der Waals surface area contributed by atoms with Gasteiger partial charge in [0.2, 0.25) is 5.88 Å². The number of hydrogen-bond acceptors (Lipinski definition) is 6. The Kier molecular flexibility index (Phi) is 6.29. The number of aliphatic hydroxyl groups excluding tert-OH is 1. The van der Waals surface area contributed by atoms with E-state index in [0.717, 1.165) is 24.6 Å². The maximum Gasteiger partial charge on any atom is 0.245 e. The molecule has 5 nitrogen and oxygen atoms in total. The van der Waals surface area contributed by atoms with Crippen LogP contribution in [0, 0.1) is 0 Å². The standard InChI is InChI=1S/C10H19N3O2S/c1-3-4-8(2)11-5-9(14)7-15-10-6-12-16-13-10/h6,8-9,11,14H,3-5,7H2,1-2H3. The summed E-state index contributed by atoms with van der Waals surface area (Å²) in [6.07, 6.45) is 3.29. The van der Waals surface area contributed by atoms with Crippen LogP contribution in [0.15, 0.2) is 6.20 Å². The molecule has 0 bridgehead atoms. The van der Waals surface area contributed by atoms with Crippen molar-refractivity contribution in [2.24, 2.45) is 0 Å². The molecule has 0 spiro atoms. The summed E-state index contributed by atoms with van der Waals surface area (Å²) < 4.78 is 12.9. The van der Waals surface area contributed by atoms with Crippen molar-refractivity contribution >= 4 is 11.7 Å². The SMILES string of the molecule is CCCC(C)NCC(O)COc1cnsn1. The Labute approximate surface area is 100 Å². The first-order chi connectivity index (χ1) is 7.72. The van der Waals surface area contributed by atoms with Crippen molar-refractivity contribution in [2.75, 3.05) is 13.2 Å². The topological polar surface area (TPSA) is 67.3 Å². The average Bonchev–Trinajstić information content (AvgIpc) is 2.77. The van der Waals surface area contributed by atoms with Gasteiger partial charge in [-0.25, -0.2) is 0 Å². The van der Waals surface area contributed by atoms with Gasteiger partial charge in [0.1, 0.15) is 18.9 Å². The van der Waals surface area contributed by atoms with E-state index in [4.69, 9.17) is 4.74 Å². The second kappa shape index (κ2) is 7.54. The second-order valence-electron chi connectivity index (χ2n) is 3.81. The smallest absolute Gasteiger partial charge is 0.245 e. The molecule has 0 saturated heterocycles. The number of hydrogen-bond donors (Lipinski definition) is 2. The van der Waals surface area contributed by atoms with Gasteiger partial charge in [0.05, 0.1) is 11.7 Å². The largest absolute Gasteiger partial charge is 0.473 e. The normalized spacial score (nSPS) is 14.7. The molecular formula is C10H19N3O2S. The molecule has 1 rings (SSSR count). The Bertz CT molecular complexity index is 269. The Hall–Kier alpha value is -0.720. The molecular weight excluding hydrogens is 226 g/mol. The van der Waals surface area contributed by atoms with Gasteiger partial charge in [-0.3, -0.25) is 0 Å². The summed E-state index contributed by atoms with van der Waals surface area (Å²) in [5.41, 5.74) is 0. The summed E-state index contributed by atoms with van der Waals surface area (Å²) in [6, 6.07) is 0.431. The molecule has 1 aromatic heterocycles. The predicted octanol–water partition coefficient (Wildman–Crippen LogP) is 1.06. The Morgan fingerprint density at radius 3 is 3.06 bits per heavy atom. The van der Waals surface area contributed by atoms with E-state index < -0.39 is 6.10 Å². The Balaban J connectivity index is 2.09. The molecule has 16 heavy (non-hydrogen) atoms. The third-order valence-electron chi connectivity index (χ3n) is 2.19. The first-order valence-electron chi connectivity index (χ1n) is 5.54. The number of rotatable bonds is 8. The van der Waals surface area contributed by atoms with Crippen LogP contribution in [0.25, 0.3) is 0 Å². The summed E-state index contributed by atoms with van der Waals surface area (Å²) in [5, 5.41) is 12.9. The van der Waals surface area contributed by atoms with E-state index in [1.165, 1.54) is 0 Å². The van der Waals surface area contributed by atoms with Gasteiger partial charge in [-0.05, 0) is 13.3 Å². The van der Waals surface area contributed by atoms with Crippen LogP contribution in [0.1, 0.15) is 26.7 Å². The molecule has 0 amide bonds. The lowest BCUT2D eigenvalue weighted by molar-refractivity contribution is 0.102. The number of nitrogens with zero attached hydrogens (tertiary/aromatic N) is 2. The Morgan fingerprint density at radius 1 is 1.62 bits per heavy atom. The van der Waals surface area contributed by atoms with Crippen molar-refractivity contribution in [2.45, 2.75) is 38.8 Å². The summed E-state index contributed by atoms with van der Waals surface area (Å²) >= 11 is 1.09. The van der Waals surface area contributed by atoms with Crippen LogP contribution < -0.4 is 10.1 Å². The molecule has 92 valence electrons. The van der Waals surface area contributed by atoms with E-state index in [1.54, 1.807) is 6.20 Å². The zero-order valence-electron chi connectivity index (χ0n) is 9.72. The number of aliphatic hydroxyl groups is 1. The second-order valence-corrected chi connectivity index (χ2v) is 4.37. The van der Waals surface area contributed by atoms with Crippen molar-refractivity contribution in [1.29, 1.82) is 0 Å². The first kappa shape index (κ1) is 13.3. The highest BCUT2D eigenvalue weighted by molar-refractivity contribution is 6.99. The molecule has 6 heteroatoms. The predicted molar refractivity (Wildman–Crippen MR) is 63.8 cm³/mol. The molecule has 0 aromatic carbocycles. The summed E-state index contributed by atoms with van der Waals surface area (Å²) in [7, 11) is 0. The number of aromatic nitrogens is 2. The van der Waals surface area contributed by atoms with E-state index in [9.17, 15) is 5.11 Å². The molecule has 0 fully saturated rings. The van der Waals surface area contributed by atoms with Crippen LogP contribution in [0.5, 0.6) is 5.88 Å². The molecule has 2 N–H and O–H groups in total. The van der Waals surface area contributed by atoms with Crippen molar-refractivity contribution < 1.29 is 9.84 Å². The molecule has 2 unspecified atom stereocenters. The van der Waals surface area contributed by atoms with E-state index in [0.29, 0.717) is 18.5 Å². The van der Waals surface area contributed by atoms with Crippen LogP contribution >= 0.6 is 11.7 Å². The molecule has 0 aliphatic rings. The van der Waals surface area contributed by atoms with Crippen LogP contribution in [-0.4, -0.2) is 39.2 Å². The molecule has 0 radical (unpaired) electrons. The lowest BCUT2D eigenvalue weighted by Crippen LogP contribution is -2.36. The maximum atomic E-state index is 9.63. The summed E-state index contributed by atoms with van der Waals surface area (Å²) in [5.74, 6) is 0.477. The quantitative estimate of drug-likeness (QED) is 0.716. The summed E-state index contributed by atoms with van der Waals surface area (Å²) in [4.78, 5) is 0. The third-order valence-corrected chi connectivity index (χ3v) is 2.65. The number of nitrogens with one attached hydrogen (secondary N) is 1. The van der Waals surface area contributed by atoms with Gasteiger partial charge in [0.15, 0.2) is 0 Å². The maximum absolute atomic E-state index is 9.63. The molecule has 0 aliphatic carbocycles. The van der Waals surface area contributed by atoms with Crippen LogP contribution in [-0.2, 0) is 0 Å². The van der Waals surface area contributed by atoms with E-state index in [2.05, 4.69) is 27.9 Å². The molecule has 1 heterocycles. The lowest BCUT2D eigenvalue weighted by atomic mass is 10.2. The minimum atomic E-state index is -0.513. The average molecular weight is 245 g/mol. The van der Waals surface area contributed by atoms with Gasteiger partial charge in [-0.1, -0.05) is 13.3 Å². The van der Waals surface area contributed by atoms with Crippen molar-refractivity contribution in [3.8, 4) is 5.88 Å². The highest BCUT2D eigenvalue weighted by atomic mass is 32.1. The minimum Gasteiger partial charge on any atom is -0.473 e. The van der Waals surface area contributed by atoms with Gasteiger partial charge >= 0.3 is 0 Å². The van der Waals surface area contributed by atoms with Gasteiger partial charge in [0.25, 0.3) is 0 Å².